The predicted molar refractivity (Wildman–Crippen MR) is 75.3 cm³/mol. The van der Waals surface area contributed by atoms with Crippen molar-refractivity contribution >= 4 is 5.91 Å². The van der Waals surface area contributed by atoms with Crippen molar-refractivity contribution in [1.82, 2.24) is 10.2 Å². The normalized spacial score (nSPS) is 19.2. The van der Waals surface area contributed by atoms with Gasteiger partial charge in [-0.3, -0.25) is 9.69 Å². The quantitative estimate of drug-likeness (QED) is 0.654. The first-order valence-electron chi connectivity index (χ1n) is 7.26. The highest BCUT2D eigenvalue weighted by atomic mass is 16.1. The third-order valence-electron chi connectivity index (χ3n) is 3.99. The molecule has 1 aliphatic rings. The topological polar surface area (TPSA) is 58.4 Å². The van der Waals surface area contributed by atoms with Crippen LogP contribution in [0.1, 0.15) is 47.0 Å². The summed E-state index contributed by atoms with van der Waals surface area (Å²) in [6.07, 6.45) is 3.26. The molecule has 0 spiro atoms. The lowest BCUT2D eigenvalue weighted by Gasteiger charge is -2.38. The van der Waals surface area contributed by atoms with Gasteiger partial charge in [0, 0.05) is 12.6 Å². The summed E-state index contributed by atoms with van der Waals surface area (Å²) in [5, 5.41) is 3.45. The summed E-state index contributed by atoms with van der Waals surface area (Å²) in [6.45, 7) is 11.1. The number of primary amides is 1. The van der Waals surface area contributed by atoms with Gasteiger partial charge in [0.25, 0.3) is 0 Å². The van der Waals surface area contributed by atoms with Gasteiger partial charge in [0.2, 0.25) is 5.91 Å². The van der Waals surface area contributed by atoms with Crippen LogP contribution in [-0.2, 0) is 4.79 Å². The van der Waals surface area contributed by atoms with Gasteiger partial charge < -0.3 is 11.1 Å². The van der Waals surface area contributed by atoms with Crippen molar-refractivity contribution in [3.8, 4) is 0 Å². The SMILES string of the molecule is CCCNC(CN(CC)C(C)C)(C(N)=O)C1CC1. The van der Waals surface area contributed by atoms with Crippen molar-refractivity contribution in [1.29, 1.82) is 0 Å². The Bertz CT molecular complexity index is 276. The number of nitrogens with one attached hydrogen (secondary N) is 1. The number of hydrogen-bond acceptors (Lipinski definition) is 3. The van der Waals surface area contributed by atoms with Gasteiger partial charge in [-0.15, -0.1) is 0 Å². The second-order valence-corrected chi connectivity index (χ2v) is 5.69. The summed E-state index contributed by atoms with van der Waals surface area (Å²) in [6, 6.07) is 0.441. The number of likely N-dealkylation sites (N-methyl/N-ethyl adjacent to an activating group) is 1. The molecular formula is C14H29N3O. The molecule has 3 N–H and O–H groups in total. The van der Waals surface area contributed by atoms with Crippen molar-refractivity contribution in [3.63, 3.8) is 0 Å². The average molecular weight is 255 g/mol. The number of nitrogens with zero attached hydrogens (tertiary/aromatic N) is 1. The van der Waals surface area contributed by atoms with E-state index in [2.05, 4.69) is 37.9 Å². The summed E-state index contributed by atoms with van der Waals surface area (Å²) in [5.41, 5.74) is 5.21. The maximum Gasteiger partial charge on any atom is 0.239 e. The largest absolute Gasteiger partial charge is 0.368 e. The molecule has 1 rings (SSSR count). The van der Waals surface area contributed by atoms with Crippen molar-refractivity contribution in [3.05, 3.63) is 0 Å². The third-order valence-corrected chi connectivity index (χ3v) is 3.99. The first kappa shape index (κ1) is 15.4. The zero-order valence-corrected chi connectivity index (χ0v) is 12.3. The lowest BCUT2D eigenvalue weighted by Crippen LogP contribution is -2.64. The molecule has 106 valence electrons. The fraction of sp³-hybridized carbons (Fsp3) is 0.929. The number of carbonyl (C=O) groups is 1. The van der Waals surface area contributed by atoms with E-state index in [9.17, 15) is 4.79 Å². The Morgan fingerprint density at radius 3 is 2.39 bits per heavy atom. The minimum atomic E-state index is -0.518. The van der Waals surface area contributed by atoms with E-state index in [1.165, 1.54) is 0 Å². The van der Waals surface area contributed by atoms with Gasteiger partial charge in [-0.1, -0.05) is 13.8 Å². The molecule has 4 heteroatoms. The van der Waals surface area contributed by atoms with E-state index in [1.54, 1.807) is 0 Å². The maximum absolute atomic E-state index is 12.0. The number of rotatable bonds is 9. The molecule has 0 heterocycles. The van der Waals surface area contributed by atoms with Crippen LogP contribution in [0.2, 0.25) is 0 Å². The summed E-state index contributed by atoms with van der Waals surface area (Å²) >= 11 is 0. The van der Waals surface area contributed by atoms with Crippen LogP contribution in [0.25, 0.3) is 0 Å². The molecule has 1 unspecified atom stereocenters. The summed E-state index contributed by atoms with van der Waals surface area (Å²) in [7, 11) is 0. The van der Waals surface area contributed by atoms with E-state index in [0.717, 1.165) is 38.9 Å². The van der Waals surface area contributed by atoms with Crippen molar-refractivity contribution < 1.29 is 4.79 Å². The average Bonchev–Trinajstić information content (AvgIpc) is 3.13. The van der Waals surface area contributed by atoms with Crippen LogP contribution < -0.4 is 11.1 Å². The molecule has 0 aliphatic heterocycles. The van der Waals surface area contributed by atoms with Crippen molar-refractivity contribution in [2.24, 2.45) is 11.7 Å². The Labute approximate surface area is 111 Å². The van der Waals surface area contributed by atoms with E-state index in [-0.39, 0.29) is 5.91 Å². The Morgan fingerprint density at radius 1 is 1.44 bits per heavy atom. The molecule has 1 fully saturated rings. The van der Waals surface area contributed by atoms with E-state index in [0.29, 0.717) is 12.0 Å². The lowest BCUT2D eigenvalue weighted by molar-refractivity contribution is -0.126. The zero-order valence-electron chi connectivity index (χ0n) is 12.3. The second kappa shape index (κ2) is 6.53. The standard InChI is InChI=1S/C14H29N3O/c1-5-9-16-14(13(15)18,12-7-8-12)10-17(6-2)11(3)4/h11-12,16H,5-10H2,1-4H3,(H2,15,18). The molecule has 4 nitrogen and oxygen atoms in total. The minimum absolute atomic E-state index is 0.183. The van der Waals surface area contributed by atoms with Gasteiger partial charge in [-0.05, 0) is 52.1 Å². The highest BCUT2D eigenvalue weighted by Crippen LogP contribution is 2.40. The molecule has 0 aromatic rings. The first-order chi connectivity index (χ1) is 8.47. The van der Waals surface area contributed by atoms with Crippen LogP contribution in [-0.4, -0.2) is 42.0 Å². The maximum atomic E-state index is 12.0. The molecule has 1 atom stereocenters. The lowest BCUT2D eigenvalue weighted by atomic mass is 9.90. The Morgan fingerprint density at radius 2 is 2.06 bits per heavy atom. The third kappa shape index (κ3) is 3.45. The molecule has 0 bridgehead atoms. The predicted octanol–water partition coefficient (Wildman–Crippen LogP) is 1.35. The van der Waals surface area contributed by atoms with E-state index in [4.69, 9.17) is 5.73 Å². The van der Waals surface area contributed by atoms with Crippen LogP contribution in [0, 0.1) is 5.92 Å². The van der Waals surface area contributed by atoms with Gasteiger partial charge in [-0.25, -0.2) is 0 Å². The van der Waals surface area contributed by atoms with Gasteiger partial charge >= 0.3 is 0 Å². The van der Waals surface area contributed by atoms with Crippen LogP contribution in [0.4, 0.5) is 0 Å². The molecule has 0 radical (unpaired) electrons. The van der Waals surface area contributed by atoms with Gasteiger partial charge in [0.15, 0.2) is 0 Å². The van der Waals surface area contributed by atoms with Crippen LogP contribution in [0.3, 0.4) is 0 Å². The Kier molecular flexibility index (Phi) is 5.60. The molecule has 0 aromatic carbocycles. The number of amides is 1. The fourth-order valence-electron chi connectivity index (χ4n) is 2.60. The summed E-state index contributed by atoms with van der Waals surface area (Å²) < 4.78 is 0. The van der Waals surface area contributed by atoms with Gasteiger partial charge in [-0.2, -0.15) is 0 Å². The molecule has 18 heavy (non-hydrogen) atoms. The van der Waals surface area contributed by atoms with Crippen LogP contribution in [0.15, 0.2) is 0 Å². The summed E-state index contributed by atoms with van der Waals surface area (Å²) in [5.74, 6) is 0.243. The molecule has 1 saturated carbocycles. The van der Waals surface area contributed by atoms with E-state index >= 15 is 0 Å². The molecule has 0 saturated heterocycles. The molecule has 0 aromatic heterocycles. The van der Waals surface area contributed by atoms with Crippen LogP contribution in [0.5, 0.6) is 0 Å². The van der Waals surface area contributed by atoms with E-state index < -0.39 is 5.54 Å². The first-order valence-corrected chi connectivity index (χ1v) is 7.26. The molecule has 1 aliphatic carbocycles. The molecule has 1 amide bonds. The van der Waals surface area contributed by atoms with Gasteiger partial charge in [0.1, 0.15) is 5.54 Å². The van der Waals surface area contributed by atoms with Crippen LogP contribution >= 0.6 is 0 Å². The Hall–Kier alpha value is -0.610. The zero-order chi connectivity index (χ0) is 13.8. The second-order valence-electron chi connectivity index (χ2n) is 5.69. The summed E-state index contributed by atoms with van der Waals surface area (Å²) in [4.78, 5) is 14.3. The van der Waals surface area contributed by atoms with Gasteiger partial charge in [0.05, 0.1) is 0 Å². The smallest absolute Gasteiger partial charge is 0.239 e. The number of hydrogen-bond donors (Lipinski definition) is 2. The highest BCUT2D eigenvalue weighted by Gasteiger charge is 2.50. The fourth-order valence-corrected chi connectivity index (χ4v) is 2.60. The van der Waals surface area contributed by atoms with Crippen molar-refractivity contribution in [2.75, 3.05) is 19.6 Å². The van der Waals surface area contributed by atoms with Crippen molar-refractivity contribution in [2.45, 2.75) is 58.5 Å². The number of carbonyl (C=O) groups excluding carboxylic acids is 1. The Balaban J connectivity index is 2.83. The minimum Gasteiger partial charge on any atom is -0.368 e. The highest BCUT2D eigenvalue weighted by molar-refractivity contribution is 5.86. The molecular weight excluding hydrogens is 226 g/mol. The van der Waals surface area contributed by atoms with E-state index in [1.807, 2.05) is 0 Å². The number of nitrogens with two attached hydrogens (primary N) is 1. The monoisotopic (exact) mass is 255 g/mol.